The molecule has 0 heterocycles. The van der Waals surface area contributed by atoms with E-state index in [9.17, 15) is 8.42 Å². The van der Waals surface area contributed by atoms with Crippen molar-refractivity contribution in [1.29, 1.82) is 0 Å². The maximum atomic E-state index is 12.6. The Bertz CT molecular complexity index is 570. The van der Waals surface area contributed by atoms with Crippen LogP contribution in [0.1, 0.15) is 25.3 Å². The van der Waals surface area contributed by atoms with Gasteiger partial charge in [-0.2, -0.15) is 4.31 Å². The molecule has 0 spiro atoms. The van der Waals surface area contributed by atoms with Gasteiger partial charge in [-0.3, -0.25) is 0 Å². The first-order valence-electron chi connectivity index (χ1n) is 6.34. The second-order valence-electron chi connectivity index (χ2n) is 5.07. The van der Waals surface area contributed by atoms with E-state index < -0.39 is 10.0 Å². The van der Waals surface area contributed by atoms with Crippen LogP contribution in [-0.4, -0.2) is 25.8 Å². The summed E-state index contributed by atoms with van der Waals surface area (Å²) in [6.45, 7) is 2.23. The molecular formula is C13H19ClN2O2S. The van der Waals surface area contributed by atoms with Crippen LogP contribution in [0.25, 0.3) is 0 Å². The predicted octanol–water partition coefficient (Wildman–Crippen LogP) is 2.22. The highest BCUT2D eigenvalue weighted by molar-refractivity contribution is 7.89. The standard InChI is InChI=1S/C13H19ClN2O2S/c1-9(11-4-5-11)16(2)19(17,18)13-7-10(8-15)3-6-12(13)14/h3,6-7,9,11H,4-5,8,15H2,1-2H3. The van der Waals surface area contributed by atoms with E-state index in [4.69, 9.17) is 17.3 Å². The lowest BCUT2D eigenvalue weighted by atomic mass is 10.2. The molecule has 6 heteroatoms. The summed E-state index contributed by atoms with van der Waals surface area (Å²) in [7, 11) is -1.95. The van der Waals surface area contributed by atoms with Crippen molar-refractivity contribution in [1.82, 2.24) is 4.31 Å². The third kappa shape index (κ3) is 2.94. The van der Waals surface area contributed by atoms with Gasteiger partial charge in [0.2, 0.25) is 10.0 Å². The molecule has 1 atom stereocenters. The third-order valence-corrected chi connectivity index (χ3v) is 6.19. The summed E-state index contributed by atoms with van der Waals surface area (Å²) in [6.07, 6.45) is 2.19. The molecule has 1 fully saturated rings. The molecule has 1 aliphatic carbocycles. The zero-order valence-electron chi connectivity index (χ0n) is 11.1. The van der Waals surface area contributed by atoms with Crippen molar-refractivity contribution in [2.75, 3.05) is 7.05 Å². The summed E-state index contributed by atoms with van der Waals surface area (Å²) in [5.74, 6) is 0.469. The minimum atomic E-state index is -3.56. The fourth-order valence-corrected chi connectivity index (χ4v) is 4.07. The number of rotatable bonds is 5. The van der Waals surface area contributed by atoms with Gasteiger partial charge in [0.1, 0.15) is 4.90 Å². The molecule has 1 aromatic rings. The number of nitrogens with zero attached hydrogens (tertiary/aromatic N) is 1. The second kappa shape index (κ2) is 5.40. The highest BCUT2D eigenvalue weighted by Crippen LogP contribution is 2.37. The van der Waals surface area contributed by atoms with E-state index in [-0.39, 0.29) is 16.0 Å². The van der Waals surface area contributed by atoms with E-state index in [0.717, 1.165) is 18.4 Å². The summed E-state index contributed by atoms with van der Waals surface area (Å²) in [5.41, 5.74) is 6.31. The first-order valence-corrected chi connectivity index (χ1v) is 8.16. The van der Waals surface area contributed by atoms with Crippen molar-refractivity contribution in [2.45, 2.75) is 37.2 Å². The quantitative estimate of drug-likeness (QED) is 0.907. The summed E-state index contributed by atoms with van der Waals surface area (Å²) in [5, 5.41) is 0.243. The number of nitrogens with two attached hydrogens (primary N) is 1. The molecule has 1 aliphatic rings. The summed E-state index contributed by atoms with van der Waals surface area (Å²) < 4.78 is 26.6. The van der Waals surface area contributed by atoms with Gasteiger partial charge in [0.25, 0.3) is 0 Å². The number of benzene rings is 1. The fraction of sp³-hybridized carbons (Fsp3) is 0.538. The average Bonchev–Trinajstić information content (AvgIpc) is 3.21. The van der Waals surface area contributed by atoms with Crippen LogP contribution in [0, 0.1) is 5.92 Å². The first kappa shape index (κ1) is 14.8. The average molecular weight is 303 g/mol. The van der Waals surface area contributed by atoms with Crippen molar-refractivity contribution in [3.63, 3.8) is 0 Å². The maximum Gasteiger partial charge on any atom is 0.244 e. The van der Waals surface area contributed by atoms with Gasteiger partial charge in [0.15, 0.2) is 0 Å². The van der Waals surface area contributed by atoms with Gasteiger partial charge in [-0.25, -0.2) is 8.42 Å². The Balaban J connectivity index is 2.37. The molecule has 2 N–H and O–H groups in total. The van der Waals surface area contributed by atoms with E-state index in [0.29, 0.717) is 12.5 Å². The largest absolute Gasteiger partial charge is 0.326 e. The Morgan fingerprint density at radius 1 is 1.47 bits per heavy atom. The third-order valence-electron chi connectivity index (χ3n) is 3.77. The van der Waals surface area contributed by atoms with Crippen LogP contribution in [0.5, 0.6) is 0 Å². The smallest absolute Gasteiger partial charge is 0.244 e. The van der Waals surface area contributed by atoms with E-state index in [1.54, 1.807) is 25.2 Å². The van der Waals surface area contributed by atoms with Gasteiger partial charge >= 0.3 is 0 Å². The molecule has 4 nitrogen and oxygen atoms in total. The van der Waals surface area contributed by atoms with Gasteiger partial charge in [0.05, 0.1) is 5.02 Å². The zero-order valence-corrected chi connectivity index (χ0v) is 12.7. The number of halogens is 1. The molecule has 106 valence electrons. The van der Waals surface area contributed by atoms with E-state index in [2.05, 4.69) is 0 Å². The normalized spacial score (nSPS) is 17.7. The van der Waals surface area contributed by atoms with Crippen LogP contribution in [-0.2, 0) is 16.6 Å². The van der Waals surface area contributed by atoms with Crippen LogP contribution >= 0.6 is 11.6 Å². The molecule has 0 radical (unpaired) electrons. The van der Waals surface area contributed by atoms with Crippen LogP contribution in [0.3, 0.4) is 0 Å². The fourth-order valence-electron chi connectivity index (χ4n) is 2.12. The van der Waals surface area contributed by atoms with Gasteiger partial charge in [0, 0.05) is 19.6 Å². The topological polar surface area (TPSA) is 63.4 Å². The molecule has 0 aliphatic heterocycles. The number of hydrogen-bond acceptors (Lipinski definition) is 3. The minimum Gasteiger partial charge on any atom is -0.326 e. The second-order valence-corrected chi connectivity index (χ2v) is 7.44. The van der Waals surface area contributed by atoms with Gasteiger partial charge < -0.3 is 5.73 Å². The van der Waals surface area contributed by atoms with Crippen molar-refractivity contribution < 1.29 is 8.42 Å². The monoisotopic (exact) mass is 302 g/mol. The van der Waals surface area contributed by atoms with Gasteiger partial charge in [-0.1, -0.05) is 17.7 Å². The van der Waals surface area contributed by atoms with Crippen molar-refractivity contribution in [3.05, 3.63) is 28.8 Å². The van der Waals surface area contributed by atoms with Crippen LogP contribution in [0.4, 0.5) is 0 Å². The molecule has 0 saturated heterocycles. The van der Waals surface area contributed by atoms with Crippen molar-refractivity contribution >= 4 is 21.6 Å². The molecule has 0 bridgehead atoms. The van der Waals surface area contributed by atoms with Crippen LogP contribution in [0.15, 0.2) is 23.1 Å². The molecular weight excluding hydrogens is 284 g/mol. The Kier molecular flexibility index (Phi) is 4.20. The summed E-state index contributed by atoms with van der Waals surface area (Å²) in [6, 6.07) is 4.90. The zero-order chi connectivity index (χ0) is 14.2. The SMILES string of the molecule is CC(C1CC1)N(C)S(=O)(=O)c1cc(CN)ccc1Cl. The van der Waals surface area contributed by atoms with E-state index in [1.807, 2.05) is 6.92 Å². The number of hydrogen-bond donors (Lipinski definition) is 1. The molecule has 1 saturated carbocycles. The molecule has 19 heavy (non-hydrogen) atoms. The highest BCUT2D eigenvalue weighted by atomic mass is 35.5. The van der Waals surface area contributed by atoms with Crippen LogP contribution in [0.2, 0.25) is 5.02 Å². The summed E-state index contributed by atoms with van der Waals surface area (Å²) >= 11 is 6.04. The Morgan fingerprint density at radius 2 is 2.11 bits per heavy atom. The van der Waals surface area contributed by atoms with Crippen molar-refractivity contribution in [3.8, 4) is 0 Å². The van der Waals surface area contributed by atoms with Crippen LogP contribution < -0.4 is 5.73 Å². The van der Waals surface area contributed by atoms with Gasteiger partial charge in [-0.15, -0.1) is 0 Å². The molecule has 0 aromatic heterocycles. The lowest BCUT2D eigenvalue weighted by Crippen LogP contribution is -2.36. The summed E-state index contributed by atoms with van der Waals surface area (Å²) in [4.78, 5) is 0.145. The number of sulfonamides is 1. The van der Waals surface area contributed by atoms with E-state index >= 15 is 0 Å². The Hall–Kier alpha value is -0.620. The predicted molar refractivity (Wildman–Crippen MR) is 76.5 cm³/mol. The van der Waals surface area contributed by atoms with Gasteiger partial charge in [-0.05, 0) is 43.4 Å². The highest BCUT2D eigenvalue weighted by Gasteiger charge is 2.36. The lowest BCUT2D eigenvalue weighted by Gasteiger charge is -2.24. The molecule has 1 unspecified atom stereocenters. The first-order chi connectivity index (χ1) is 8.87. The van der Waals surface area contributed by atoms with E-state index in [1.165, 1.54) is 4.31 Å². The lowest BCUT2D eigenvalue weighted by molar-refractivity contribution is 0.357. The molecule has 1 aromatic carbocycles. The Morgan fingerprint density at radius 3 is 2.63 bits per heavy atom. The Labute approximate surface area is 119 Å². The molecule has 2 rings (SSSR count). The maximum absolute atomic E-state index is 12.6. The van der Waals surface area contributed by atoms with Crippen molar-refractivity contribution in [2.24, 2.45) is 11.7 Å². The molecule has 0 amide bonds. The minimum absolute atomic E-state index is 0.00241.